The van der Waals surface area contributed by atoms with Gasteiger partial charge in [0, 0.05) is 18.2 Å². The van der Waals surface area contributed by atoms with Crippen molar-refractivity contribution >= 4 is 84.3 Å². The fourth-order valence-electron chi connectivity index (χ4n) is 3.30. The summed E-state index contributed by atoms with van der Waals surface area (Å²) in [6, 6.07) is 13.9. The van der Waals surface area contributed by atoms with Gasteiger partial charge in [0.05, 0.1) is 28.8 Å². The number of alkyl halides is 1. The van der Waals surface area contributed by atoms with Crippen molar-refractivity contribution in [2.75, 3.05) is 14.2 Å². The Labute approximate surface area is 407 Å². The zero-order valence-electron chi connectivity index (χ0n) is 32.1. The van der Waals surface area contributed by atoms with Gasteiger partial charge in [0.1, 0.15) is 15.5 Å². The molecule has 56 heavy (non-hydrogen) atoms. The fraction of sp³-hybridized carbons (Fsp3) is 0.290. The maximum absolute atomic E-state index is 11.2. The summed E-state index contributed by atoms with van der Waals surface area (Å²) >= 11 is 27.5. The number of hydrogen-bond donors (Lipinski definition) is 5. The van der Waals surface area contributed by atoms with Gasteiger partial charge < -0.3 is 21.2 Å². The number of pyridine rings is 4. The second-order valence-electron chi connectivity index (χ2n) is 9.67. The summed E-state index contributed by atoms with van der Waals surface area (Å²) in [4.78, 5) is 34.7. The quantitative estimate of drug-likeness (QED) is 0.0505. The van der Waals surface area contributed by atoms with E-state index in [-0.39, 0.29) is 92.6 Å². The van der Waals surface area contributed by atoms with Gasteiger partial charge in [0.2, 0.25) is 17.0 Å². The van der Waals surface area contributed by atoms with Crippen LogP contribution in [0.25, 0.3) is 0 Å². The third-order valence-electron chi connectivity index (χ3n) is 5.22. The van der Waals surface area contributed by atoms with E-state index in [0.29, 0.717) is 49.6 Å². The van der Waals surface area contributed by atoms with Gasteiger partial charge in [-0.05, 0) is 80.3 Å². The maximum atomic E-state index is 11.2. The molecule has 0 saturated heterocycles. The minimum Gasteiger partial charge on any atom is -1.00 e. The van der Waals surface area contributed by atoms with Crippen LogP contribution in [0.15, 0.2) is 68.2 Å². The number of thiol groups is 1. The van der Waals surface area contributed by atoms with Crippen LogP contribution in [0, 0.1) is 27.7 Å². The Hall–Kier alpha value is -1.69. The molecule has 0 aromatic carbocycles. The number of tetrazole rings is 2. The van der Waals surface area contributed by atoms with Crippen molar-refractivity contribution in [3.05, 3.63) is 119 Å². The molecule has 6 heterocycles. The monoisotopic (exact) mass is 928 g/mol. The van der Waals surface area contributed by atoms with Crippen molar-refractivity contribution in [3.63, 3.8) is 0 Å². The molecule has 0 spiro atoms. The molecule has 0 aliphatic carbocycles. The molecule has 4 N–H and O–H groups in total. The van der Waals surface area contributed by atoms with Crippen molar-refractivity contribution in [3.8, 4) is 5.88 Å². The number of aromatic nitrogens is 12. The number of H-pyrrole nitrogens is 4. The molecule has 0 saturated carbocycles. The fourth-order valence-corrected chi connectivity index (χ4v) is 5.40. The molecule has 0 aliphatic heterocycles. The van der Waals surface area contributed by atoms with Crippen LogP contribution in [0.2, 0.25) is 15.5 Å². The normalized spacial score (nSPS) is 8.86. The average Bonchev–Trinajstić information content (AvgIpc) is 3.79. The minimum atomic E-state index is -0.0972. The number of nitrogens with one attached hydrogen (secondary N) is 4. The van der Waals surface area contributed by atoms with Crippen molar-refractivity contribution in [1.82, 2.24) is 61.2 Å². The summed E-state index contributed by atoms with van der Waals surface area (Å²) in [6.07, 6.45) is 0. The second kappa shape index (κ2) is 35.3. The zero-order valence-corrected chi connectivity index (χ0v) is 40.8. The van der Waals surface area contributed by atoms with E-state index in [1.807, 2.05) is 39.8 Å². The Morgan fingerprint density at radius 2 is 1.18 bits per heavy atom. The van der Waals surface area contributed by atoms with E-state index in [1.165, 1.54) is 17.8 Å². The number of aromatic amines is 4. The number of ether oxygens (including phenoxy) is 1. The van der Waals surface area contributed by atoms with Gasteiger partial charge in [-0.3, -0.25) is 9.59 Å². The summed E-state index contributed by atoms with van der Waals surface area (Å²) in [7, 11) is 2.32. The summed E-state index contributed by atoms with van der Waals surface area (Å²) in [6.45, 7) is 7.60. The average molecular weight is 931 g/mol. The predicted octanol–water partition coefficient (Wildman–Crippen LogP) is -0.00602. The van der Waals surface area contributed by atoms with Crippen molar-refractivity contribution in [2.45, 2.75) is 56.8 Å². The van der Waals surface area contributed by atoms with Gasteiger partial charge in [-0.15, -0.1) is 56.4 Å². The predicted molar refractivity (Wildman–Crippen MR) is 222 cm³/mol. The van der Waals surface area contributed by atoms with Crippen LogP contribution in [0.5, 0.6) is 5.88 Å². The van der Waals surface area contributed by atoms with Gasteiger partial charge in [0.15, 0.2) is 11.6 Å². The van der Waals surface area contributed by atoms with Gasteiger partial charge >= 0.3 is 59.1 Å². The van der Waals surface area contributed by atoms with E-state index in [2.05, 4.69) is 73.8 Å². The van der Waals surface area contributed by atoms with Crippen LogP contribution in [0.4, 0.5) is 0 Å². The largest absolute Gasteiger partial charge is 1.00 e. The molecule has 6 aromatic rings. The second-order valence-corrected chi connectivity index (χ2v) is 12.6. The number of aryl methyl sites for hydroxylation is 4. The zero-order chi connectivity index (χ0) is 39.1. The number of nitrogens with zero attached hydrogens (tertiary/aromatic N) is 8. The van der Waals surface area contributed by atoms with Gasteiger partial charge in [0.25, 0.3) is 0 Å². The summed E-state index contributed by atoms with van der Waals surface area (Å²) in [5.41, 5.74) is 3.76. The Morgan fingerprint density at radius 3 is 1.55 bits per heavy atom. The molecule has 0 atom stereocenters. The van der Waals surface area contributed by atoms with E-state index in [9.17, 15) is 9.59 Å². The van der Waals surface area contributed by atoms with Crippen molar-refractivity contribution < 1.29 is 70.4 Å². The summed E-state index contributed by atoms with van der Waals surface area (Å²) in [5.74, 6) is 2.60. The molecule has 0 radical (unpaired) electrons. The van der Waals surface area contributed by atoms with Gasteiger partial charge in [-0.25, -0.2) is 9.97 Å². The van der Waals surface area contributed by atoms with E-state index >= 15 is 0 Å². The van der Waals surface area contributed by atoms with Crippen molar-refractivity contribution in [2.24, 2.45) is 0 Å². The first-order chi connectivity index (χ1) is 24.8. The number of hydrogen-bond acceptors (Lipinski definition) is 14. The molecule has 25 heteroatoms. The number of rotatable bonds is 5. The Morgan fingerprint density at radius 1 is 0.732 bits per heavy atom. The molecule has 0 aliphatic rings. The molecule has 0 bridgehead atoms. The SMILES string of the molecule is C.COc1cc(C)cc(Cl)n1.C[O-].Cc1cc(Cl)nc(Cl)c1.Cc1cc(S)[nH]c(=O)c1.Cc1cc(SCc2nn[nH]n2)[nH]c(=O)c1.ClCc1nn[nH]n1.S.[H-].[Na+].[Na+]. The molecule has 0 fully saturated rings. The van der Waals surface area contributed by atoms with Gasteiger partial charge in [-0.2, -0.15) is 31.0 Å². The van der Waals surface area contributed by atoms with Crippen LogP contribution in [0.3, 0.4) is 0 Å². The number of halogens is 4. The third kappa shape index (κ3) is 28.7. The van der Waals surface area contributed by atoms with Crippen LogP contribution >= 0.6 is 84.3 Å². The molecule has 0 unspecified atom stereocenters. The van der Waals surface area contributed by atoms with E-state index in [1.54, 1.807) is 37.4 Å². The van der Waals surface area contributed by atoms with Crippen molar-refractivity contribution in [1.29, 1.82) is 0 Å². The van der Waals surface area contributed by atoms with Crippen LogP contribution in [0.1, 0.15) is 42.8 Å². The molecular weight excluding hydrogens is 888 g/mol. The van der Waals surface area contributed by atoms with E-state index < -0.39 is 0 Å². The molecule has 16 nitrogen and oxygen atoms in total. The third-order valence-corrected chi connectivity index (χ3v) is 7.22. The summed E-state index contributed by atoms with van der Waals surface area (Å²) in [5, 5.41) is 37.1. The summed E-state index contributed by atoms with van der Waals surface area (Å²) < 4.78 is 4.88. The van der Waals surface area contributed by atoms with Crippen LogP contribution < -0.4 is 80.1 Å². The van der Waals surface area contributed by atoms with Gasteiger partial charge in [-0.1, -0.05) is 52.7 Å². The van der Waals surface area contributed by atoms with Crippen LogP contribution in [-0.4, -0.2) is 75.4 Å². The Kier molecular flexibility index (Phi) is 38.4. The first-order valence-electron chi connectivity index (χ1n) is 14.4. The van der Waals surface area contributed by atoms with E-state index in [4.69, 9.17) is 56.2 Å². The van der Waals surface area contributed by atoms with E-state index in [0.717, 1.165) is 34.4 Å². The molecule has 298 valence electrons. The Bertz CT molecular complexity index is 1930. The van der Waals surface area contributed by atoms with Crippen LogP contribution in [-0.2, 0) is 11.6 Å². The maximum Gasteiger partial charge on any atom is 1.00 e. The minimum absolute atomic E-state index is 0. The smallest absolute Gasteiger partial charge is 1.00 e. The Balaban J connectivity index is -0.000000195. The molecule has 0 amide bonds. The molecule has 6 rings (SSSR count). The first-order valence-corrected chi connectivity index (χ1v) is 17.5. The molecular formula is C31H42Cl4N12Na2O4S3. The molecule has 6 aromatic heterocycles. The first kappa shape index (κ1) is 61.0. The topological polar surface area (TPSA) is 233 Å². The number of methoxy groups -OCH3 is 1. The number of thioether (sulfide) groups is 1. The standard InChI is InChI=1S/C8H9N5OS.C7H8ClNO.C6H5Cl2N.C6H7NOS.C2H3ClN4.CH3O.CH4.2Na.H2S.H/c1-5-2-7(14)9-8(3-5)15-4-6-10-12-13-11-6;1-5-3-6(8)9-7(4-5)10-2;1-4-2-5(7)9-6(8)3-4;1-4-2-5(8)7-6(9)3-4;3-1-2-4-6-7-5-2;1-2;;;;;/h2-3H,4H2,1H3,(H,9,14)(H,10,11,12,13);3-4H,1-2H3;2-3H,1H3;2-3H,1H3,(H2,7,8,9);1H2,(H,4,5,6,7);1H3;1H4;;;1H2;/q;;;;;-1;;2*+1;;-1.